The molecule has 0 atom stereocenters. The highest BCUT2D eigenvalue weighted by atomic mass is 35.5. The molecular formula is C19H14Cl2O. The van der Waals surface area contributed by atoms with E-state index >= 15 is 0 Å². The highest BCUT2D eigenvalue weighted by molar-refractivity contribution is 6.30. The molecule has 0 amide bonds. The number of rotatable bonds is 3. The summed E-state index contributed by atoms with van der Waals surface area (Å²) in [6.45, 7) is 0. The summed E-state index contributed by atoms with van der Waals surface area (Å²) < 4.78 is 0. The van der Waals surface area contributed by atoms with Crippen molar-refractivity contribution in [1.82, 2.24) is 0 Å². The quantitative estimate of drug-likeness (QED) is 0.678. The van der Waals surface area contributed by atoms with Crippen LogP contribution in [0.1, 0.15) is 17.5 Å². The Kier molecular flexibility index (Phi) is 4.47. The third-order valence-electron chi connectivity index (χ3n) is 3.62. The number of allylic oxidation sites excluding steroid dienone is 3. The second-order valence-corrected chi connectivity index (χ2v) is 6.24. The monoisotopic (exact) mass is 328 g/mol. The molecule has 0 fully saturated rings. The lowest BCUT2D eigenvalue weighted by atomic mass is 10.0. The number of halogens is 2. The van der Waals surface area contributed by atoms with Gasteiger partial charge in [0.1, 0.15) is 0 Å². The third-order valence-corrected chi connectivity index (χ3v) is 4.13. The van der Waals surface area contributed by atoms with E-state index in [0.29, 0.717) is 11.4 Å². The minimum Gasteiger partial charge on any atom is -0.290 e. The maximum atomic E-state index is 12.1. The van der Waals surface area contributed by atoms with Crippen molar-refractivity contribution in [3.05, 3.63) is 86.9 Å². The van der Waals surface area contributed by atoms with Gasteiger partial charge in [0.15, 0.2) is 5.78 Å². The predicted octanol–water partition coefficient (Wildman–Crippen LogP) is 5.52. The van der Waals surface area contributed by atoms with Crippen LogP contribution in [0.15, 0.2) is 65.8 Å². The lowest BCUT2D eigenvalue weighted by molar-refractivity contribution is -0.111. The molecule has 3 heteroatoms. The molecule has 1 nitrogen and oxygen atoms in total. The van der Waals surface area contributed by atoms with Crippen molar-refractivity contribution in [1.29, 1.82) is 0 Å². The van der Waals surface area contributed by atoms with Crippen molar-refractivity contribution < 1.29 is 4.79 Å². The first-order chi connectivity index (χ1) is 10.6. The Labute approximate surface area is 139 Å². The van der Waals surface area contributed by atoms with Crippen LogP contribution in [0.3, 0.4) is 0 Å². The summed E-state index contributed by atoms with van der Waals surface area (Å²) in [6.07, 6.45) is 5.16. The summed E-state index contributed by atoms with van der Waals surface area (Å²) in [7, 11) is 0. The SMILES string of the molecule is O=C1C=C(Cc2ccc(Cl)cc2)C/C1=C\c1ccc(Cl)cc1. The summed E-state index contributed by atoms with van der Waals surface area (Å²) in [5.74, 6) is 0.0962. The first kappa shape index (κ1) is 15.1. The average molecular weight is 329 g/mol. The highest BCUT2D eigenvalue weighted by Crippen LogP contribution is 2.27. The average Bonchev–Trinajstić information content (AvgIpc) is 2.84. The number of benzene rings is 2. The summed E-state index contributed by atoms with van der Waals surface area (Å²) in [6, 6.07) is 15.2. The van der Waals surface area contributed by atoms with E-state index in [1.54, 1.807) is 6.08 Å². The van der Waals surface area contributed by atoms with Crippen LogP contribution >= 0.6 is 23.2 Å². The molecular weight excluding hydrogens is 315 g/mol. The van der Waals surface area contributed by atoms with E-state index < -0.39 is 0 Å². The zero-order chi connectivity index (χ0) is 15.5. The summed E-state index contributed by atoms with van der Waals surface area (Å²) in [4.78, 5) is 12.1. The lowest BCUT2D eigenvalue weighted by Crippen LogP contribution is -1.91. The predicted molar refractivity (Wildman–Crippen MR) is 92.3 cm³/mol. The molecule has 0 unspecified atom stereocenters. The summed E-state index contributed by atoms with van der Waals surface area (Å²) in [5.41, 5.74) is 4.11. The van der Waals surface area contributed by atoms with Crippen LogP contribution in [0.5, 0.6) is 0 Å². The van der Waals surface area contributed by atoms with Gasteiger partial charge in [-0.05, 0) is 60.4 Å². The minimum atomic E-state index is 0.0962. The normalized spacial score (nSPS) is 16.2. The van der Waals surface area contributed by atoms with Crippen molar-refractivity contribution in [2.75, 3.05) is 0 Å². The first-order valence-corrected chi connectivity index (χ1v) is 7.80. The largest absolute Gasteiger partial charge is 0.290 e. The number of carbonyl (C=O) groups is 1. The van der Waals surface area contributed by atoms with E-state index in [-0.39, 0.29) is 5.78 Å². The van der Waals surface area contributed by atoms with Gasteiger partial charge >= 0.3 is 0 Å². The zero-order valence-corrected chi connectivity index (χ0v) is 13.4. The lowest BCUT2D eigenvalue weighted by Gasteiger charge is -2.03. The number of carbonyl (C=O) groups excluding carboxylic acids is 1. The molecule has 2 aromatic carbocycles. The Morgan fingerprint density at radius 1 is 0.909 bits per heavy atom. The molecule has 1 aliphatic carbocycles. The molecule has 0 N–H and O–H groups in total. The second kappa shape index (κ2) is 6.51. The van der Waals surface area contributed by atoms with E-state index in [1.165, 1.54) is 0 Å². The topological polar surface area (TPSA) is 17.1 Å². The van der Waals surface area contributed by atoms with Gasteiger partial charge in [-0.15, -0.1) is 0 Å². The van der Waals surface area contributed by atoms with Crippen LogP contribution < -0.4 is 0 Å². The van der Waals surface area contributed by atoms with Crippen LogP contribution in [0.25, 0.3) is 6.08 Å². The molecule has 0 spiro atoms. The Hall–Kier alpha value is -1.83. The molecule has 22 heavy (non-hydrogen) atoms. The standard InChI is InChI=1S/C19H14Cl2O/c20-17-5-1-13(2-6-17)9-15-11-16(19(22)12-15)10-14-3-7-18(21)8-4-14/h1-8,10,12H,9,11H2/b16-10+. The Balaban J connectivity index is 1.73. The smallest absolute Gasteiger partial charge is 0.182 e. The third kappa shape index (κ3) is 3.68. The second-order valence-electron chi connectivity index (χ2n) is 5.37. The van der Waals surface area contributed by atoms with Gasteiger partial charge in [-0.2, -0.15) is 0 Å². The number of hydrogen-bond acceptors (Lipinski definition) is 1. The molecule has 0 aromatic heterocycles. The van der Waals surface area contributed by atoms with Gasteiger partial charge in [0.25, 0.3) is 0 Å². The van der Waals surface area contributed by atoms with Crippen LogP contribution in [-0.4, -0.2) is 5.78 Å². The van der Waals surface area contributed by atoms with Gasteiger partial charge in [0, 0.05) is 15.6 Å². The Morgan fingerprint density at radius 2 is 1.50 bits per heavy atom. The molecule has 0 radical (unpaired) electrons. The van der Waals surface area contributed by atoms with Crippen molar-refractivity contribution in [2.45, 2.75) is 12.8 Å². The Morgan fingerprint density at radius 3 is 2.14 bits per heavy atom. The molecule has 1 aliphatic rings. The molecule has 0 heterocycles. The van der Waals surface area contributed by atoms with Gasteiger partial charge in [0.05, 0.1) is 0 Å². The van der Waals surface area contributed by atoms with Crippen molar-refractivity contribution >= 4 is 35.1 Å². The molecule has 2 aromatic rings. The van der Waals surface area contributed by atoms with Gasteiger partial charge in [-0.25, -0.2) is 0 Å². The fourth-order valence-electron chi connectivity index (χ4n) is 2.52. The van der Waals surface area contributed by atoms with Crippen LogP contribution in [-0.2, 0) is 11.2 Å². The van der Waals surface area contributed by atoms with Crippen molar-refractivity contribution in [3.63, 3.8) is 0 Å². The first-order valence-electron chi connectivity index (χ1n) is 7.04. The molecule has 0 saturated carbocycles. The fraction of sp³-hybridized carbons (Fsp3) is 0.105. The molecule has 3 rings (SSSR count). The zero-order valence-electron chi connectivity index (χ0n) is 11.9. The van der Waals surface area contributed by atoms with Crippen molar-refractivity contribution in [3.8, 4) is 0 Å². The number of hydrogen-bond donors (Lipinski definition) is 0. The molecule has 0 bridgehead atoms. The maximum Gasteiger partial charge on any atom is 0.182 e. The van der Waals surface area contributed by atoms with E-state index in [9.17, 15) is 4.79 Å². The van der Waals surface area contributed by atoms with Crippen LogP contribution in [0, 0.1) is 0 Å². The summed E-state index contributed by atoms with van der Waals surface area (Å²) >= 11 is 11.8. The van der Waals surface area contributed by atoms with Gasteiger partial charge < -0.3 is 0 Å². The fourth-order valence-corrected chi connectivity index (χ4v) is 2.77. The van der Waals surface area contributed by atoms with E-state index in [2.05, 4.69) is 0 Å². The van der Waals surface area contributed by atoms with Gasteiger partial charge in [-0.3, -0.25) is 4.79 Å². The minimum absolute atomic E-state index is 0.0962. The molecule has 110 valence electrons. The molecule has 0 aliphatic heterocycles. The van der Waals surface area contributed by atoms with E-state index in [4.69, 9.17) is 23.2 Å². The maximum absolute atomic E-state index is 12.1. The Bertz CT molecular complexity index is 753. The highest BCUT2D eigenvalue weighted by Gasteiger charge is 2.18. The van der Waals surface area contributed by atoms with Crippen LogP contribution in [0.4, 0.5) is 0 Å². The van der Waals surface area contributed by atoms with E-state index in [0.717, 1.165) is 33.7 Å². The van der Waals surface area contributed by atoms with Crippen molar-refractivity contribution in [2.24, 2.45) is 0 Å². The number of ketones is 1. The summed E-state index contributed by atoms with van der Waals surface area (Å²) in [5, 5.41) is 1.42. The molecule has 0 saturated heterocycles. The van der Waals surface area contributed by atoms with E-state index in [1.807, 2.05) is 54.6 Å². The van der Waals surface area contributed by atoms with Gasteiger partial charge in [0.2, 0.25) is 0 Å². The van der Waals surface area contributed by atoms with Gasteiger partial charge in [-0.1, -0.05) is 53.0 Å². The van der Waals surface area contributed by atoms with Crippen LogP contribution in [0.2, 0.25) is 10.0 Å².